The van der Waals surface area contributed by atoms with Gasteiger partial charge in [0.25, 0.3) is 0 Å². The number of hydrogen-bond acceptors (Lipinski definition) is 4. The quantitative estimate of drug-likeness (QED) is 0.186. The van der Waals surface area contributed by atoms with Gasteiger partial charge in [0.05, 0.1) is 27.5 Å². The third kappa shape index (κ3) is 4.60. The third-order valence-corrected chi connectivity index (χ3v) is 8.61. The van der Waals surface area contributed by atoms with Crippen LogP contribution in [-0.4, -0.2) is 19.5 Å². The zero-order chi connectivity index (χ0) is 43.5. The van der Waals surface area contributed by atoms with Crippen LogP contribution in [-0.2, 0) is 0 Å². The van der Waals surface area contributed by atoms with Crippen LogP contribution in [0.15, 0.2) is 174 Å². The van der Waals surface area contributed by atoms with Crippen molar-refractivity contribution in [3.63, 3.8) is 0 Å². The molecule has 0 aliphatic carbocycles. The molecule has 0 saturated heterocycles. The van der Waals surface area contributed by atoms with Gasteiger partial charge in [0.15, 0.2) is 17.5 Å². The van der Waals surface area contributed by atoms with Crippen LogP contribution in [0.2, 0.25) is 0 Å². The Balaban J connectivity index is 1.28. The molecule has 0 radical (unpaired) electrons. The minimum atomic E-state index is -0.712. The van der Waals surface area contributed by atoms with Crippen LogP contribution >= 0.6 is 0 Å². The summed E-state index contributed by atoms with van der Waals surface area (Å²) in [7, 11) is 0. The second kappa shape index (κ2) is 11.4. The normalized spacial score (nSPS) is 15.0. The highest BCUT2D eigenvalue weighted by Crippen LogP contribution is 2.38. The Morgan fingerprint density at radius 2 is 1.14 bits per heavy atom. The fourth-order valence-corrected chi connectivity index (χ4v) is 6.33. The van der Waals surface area contributed by atoms with E-state index < -0.39 is 78.2 Å². The van der Waals surface area contributed by atoms with Crippen LogP contribution in [0.4, 0.5) is 0 Å². The van der Waals surface area contributed by atoms with Crippen molar-refractivity contribution in [1.29, 1.82) is 0 Å². The lowest BCUT2D eigenvalue weighted by Crippen LogP contribution is -2.01. The first-order chi connectivity index (χ1) is 29.8. The predicted molar refractivity (Wildman–Crippen MR) is 203 cm³/mol. The lowest BCUT2D eigenvalue weighted by molar-refractivity contribution is 0.669. The van der Waals surface area contributed by atoms with Crippen LogP contribution in [0.25, 0.3) is 94.7 Å². The fraction of sp³-hybridized carbons (Fsp3) is 0. The number of benzene rings is 7. The lowest BCUT2D eigenvalue weighted by atomic mass is 9.97. The van der Waals surface area contributed by atoms with E-state index in [0.29, 0.717) is 33.9 Å². The molecular weight excluding hydrogens is 613 g/mol. The number of rotatable bonds is 5. The Morgan fingerprint density at radius 1 is 0.460 bits per heavy atom. The van der Waals surface area contributed by atoms with Gasteiger partial charge in [-0.05, 0) is 53.5 Å². The van der Waals surface area contributed by atoms with Crippen molar-refractivity contribution >= 4 is 43.7 Å². The van der Waals surface area contributed by atoms with E-state index in [2.05, 4.69) is 0 Å². The Morgan fingerprint density at radius 3 is 2.02 bits per heavy atom. The minimum absolute atomic E-state index is 0.114. The van der Waals surface area contributed by atoms with Crippen molar-refractivity contribution in [3.05, 3.63) is 170 Å². The summed E-state index contributed by atoms with van der Waals surface area (Å²) < 4.78 is 114. The van der Waals surface area contributed by atoms with E-state index in [0.717, 1.165) is 20.9 Å². The zero-order valence-electron chi connectivity index (χ0n) is 37.9. The average Bonchev–Trinajstić information content (AvgIpc) is 3.85. The molecule has 7 aromatic carbocycles. The molecule has 0 aliphatic heterocycles. The van der Waals surface area contributed by atoms with Crippen molar-refractivity contribution in [2.45, 2.75) is 0 Å². The molecule has 10 rings (SSSR count). The topological polar surface area (TPSA) is 56.7 Å². The Kier molecular flexibility index (Phi) is 4.24. The summed E-state index contributed by atoms with van der Waals surface area (Å²) in [5, 5.41) is 1.41. The van der Waals surface area contributed by atoms with Crippen molar-refractivity contribution in [2.75, 3.05) is 0 Å². The average molecular weight is 653 g/mol. The molecule has 0 aliphatic rings. The number of para-hydroxylation sites is 3. The van der Waals surface area contributed by atoms with Gasteiger partial charge in [-0.25, -0.2) is 15.0 Å². The van der Waals surface area contributed by atoms with Crippen LogP contribution in [0.3, 0.4) is 0 Å². The maximum absolute atomic E-state index is 9.85. The standard InChI is InChI=1S/C45H28N4O/c1-3-13-29(14-4-1)43-46-44(31-24-26-37-36-19-10-12-22-41(36)50-42(37)28-31)48-45(47-43)38-20-8-7-17-33(38)30-23-25-35-34-18-9-11-21-39(34)49(40(35)27-30)32-15-5-2-6-16-32/h1-28H/i2D,5D,6D,9D,11D,15D,16D,18D,21D,23D,25D,27D. The van der Waals surface area contributed by atoms with Crippen molar-refractivity contribution in [2.24, 2.45) is 0 Å². The maximum atomic E-state index is 9.85. The van der Waals surface area contributed by atoms with E-state index in [9.17, 15) is 4.11 Å². The van der Waals surface area contributed by atoms with Gasteiger partial charge in [-0.2, -0.15) is 0 Å². The molecule has 0 unspecified atom stereocenters. The van der Waals surface area contributed by atoms with Crippen LogP contribution in [0.1, 0.15) is 16.4 Å². The summed E-state index contributed by atoms with van der Waals surface area (Å²) in [5.41, 5.74) is 2.06. The van der Waals surface area contributed by atoms with Gasteiger partial charge in [-0.3, -0.25) is 0 Å². The Bertz CT molecular complexity index is 3540. The van der Waals surface area contributed by atoms with Gasteiger partial charge in [-0.15, -0.1) is 0 Å². The molecule has 0 saturated carbocycles. The van der Waals surface area contributed by atoms with Gasteiger partial charge in [0, 0.05) is 43.9 Å². The second-order valence-corrected chi connectivity index (χ2v) is 11.5. The monoisotopic (exact) mass is 652 g/mol. The molecule has 10 aromatic rings. The predicted octanol–water partition coefficient (Wildman–Crippen LogP) is 11.5. The van der Waals surface area contributed by atoms with Crippen molar-refractivity contribution in [3.8, 4) is 51.0 Å². The van der Waals surface area contributed by atoms with E-state index in [1.807, 2.05) is 72.8 Å². The number of hydrogen-bond donors (Lipinski definition) is 0. The molecule has 0 atom stereocenters. The second-order valence-electron chi connectivity index (χ2n) is 11.5. The molecule has 50 heavy (non-hydrogen) atoms. The van der Waals surface area contributed by atoms with Gasteiger partial charge in [-0.1, -0.05) is 127 Å². The van der Waals surface area contributed by atoms with Crippen LogP contribution in [0.5, 0.6) is 0 Å². The molecule has 0 bridgehead atoms. The van der Waals surface area contributed by atoms with Crippen LogP contribution < -0.4 is 0 Å². The summed E-state index contributed by atoms with van der Waals surface area (Å²) in [6.45, 7) is 0. The first-order valence-electron chi connectivity index (χ1n) is 21.7. The highest BCUT2D eigenvalue weighted by molar-refractivity contribution is 6.10. The van der Waals surface area contributed by atoms with Gasteiger partial charge in [0.2, 0.25) is 0 Å². The summed E-state index contributed by atoms with van der Waals surface area (Å²) in [4.78, 5) is 14.7. The zero-order valence-corrected chi connectivity index (χ0v) is 25.9. The van der Waals surface area contributed by atoms with Crippen LogP contribution in [0, 0.1) is 0 Å². The van der Waals surface area contributed by atoms with Gasteiger partial charge >= 0.3 is 0 Å². The molecular formula is C45H28N4O. The Hall–Kier alpha value is -6.85. The molecule has 0 spiro atoms. The number of aromatic nitrogens is 4. The SMILES string of the molecule is [2H]c1c([2H])c([2H])c(-n2c3c([2H])c([2H])c([2H])c([2H])c3c3c([2H])c([2H])c(-c4ccccc4-c4nc(-c5ccccc5)nc(-c5ccc6c(c5)oc5ccccc56)n4)c([2H])c32)c([2H])c1[2H]. The van der Waals surface area contributed by atoms with E-state index >= 15 is 0 Å². The third-order valence-electron chi connectivity index (χ3n) is 8.61. The highest BCUT2D eigenvalue weighted by Gasteiger charge is 2.18. The first-order valence-corrected chi connectivity index (χ1v) is 15.7. The molecule has 3 aromatic heterocycles. The van der Waals surface area contributed by atoms with E-state index in [4.69, 9.17) is 31.7 Å². The highest BCUT2D eigenvalue weighted by atomic mass is 16.3. The number of nitrogens with zero attached hydrogens (tertiary/aromatic N) is 4. The first kappa shape index (κ1) is 18.6. The number of furan rings is 1. The molecule has 5 heteroatoms. The molecule has 234 valence electrons. The molecule has 3 heterocycles. The van der Waals surface area contributed by atoms with E-state index in [1.54, 1.807) is 24.3 Å². The molecule has 0 N–H and O–H groups in total. The summed E-state index contributed by atoms with van der Waals surface area (Å²) in [5.74, 6) is 0.776. The van der Waals surface area contributed by atoms with E-state index in [-0.39, 0.29) is 38.8 Å². The van der Waals surface area contributed by atoms with Gasteiger partial charge < -0.3 is 8.98 Å². The molecule has 0 amide bonds. The maximum Gasteiger partial charge on any atom is 0.164 e. The smallest absolute Gasteiger partial charge is 0.164 e. The van der Waals surface area contributed by atoms with Crippen molar-refractivity contribution < 1.29 is 20.9 Å². The van der Waals surface area contributed by atoms with Gasteiger partial charge in [0.1, 0.15) is 11.2 Å². The lowest BCUT2D eigenvalue weighted by Gasteiger charge is -2.13. The summed E-state index contributed by atoms with van der Waals surface area (Å²) in [6.07, 6.45) is 0. The fourth-order valence-electron chi connectivity index (χ4n) is 6.33. The Labute approximate surface area is 304 Å². The molecule has 0 fully saturated rings. The molecule has 5 nitrogen and oxygen atoms in total. The summed E-state index contributed by atoms with van der Waals surface area (Å²) in [6, 6.07) is 21.9. The van der Waals surface area contributed by atoms with Crippen molar-refractivity contribution in [1.82, 2.24) is 19.5 Å². The minimum Gasteiger partial charge on any atom is -0.456 e. The summed E-state index contributed by atoms with van der Waals surface area (Å²) >= 11 is 0. The van der Waals surface area contributed by atoms with E-state index in [1.165, 1.54) is 0 Å². The number of fused-ring (bicyclic) bond motifs is 6. The largest absolute Gasteiger partial charge is 0.456 e.